The predicted molar refractivity (Wildman–Crippen MR) is 69.9 cm³/mol. The number of aliphatic hydroxyl groups is 1. The molecule has 3 heteroatoms. The minimum Gasteiger partial charge on any atom is -0.467 e. The van der Waals surface area contributed by atoms with Crippen molar-refractivity contribution in [3.05, 3.63) is 24.2 Å². The highest BCUT2D eigenvalue weighted by atomic mass is 16.4. The van der Waals surface area contributed by atoms with Crippen LogP contribution in [0.25, 0.3) is 0 Å². The summed E-state index contributed by atoms with van der Waals surface area (Å²) in [6.07, 6.45) is 8.87. The van der Waals surface area contributed by atoms with E-state index in [9.17, 15) is 5.11 Å². The van der Waals surface area contributed by atoms with Gasteiger partial charge in [-0.25, -0.2) is 0 Å². The molecule has 0 bridgehead atoms. The third kappa shape index (κ3) is 6.49. The lowest BCUT2D eigenvalue weighted by molar-refractivity contribution is 0.147. The highest BCUT2D eigenvalue weighted by Crippen LogP contribution is 2.11. The van der Waals surface area contributed by atoms with Gasteiger partial charge in [0.15, 0.2) is 0 Å². The molecule has 17 heavy (non-hydrogen) atoms. The van der Waals surface area contributed by atoms with E-state index in [1.54, 1.807) is 18.4 Å². The van der Waals surface area contributed by atoms with E-state index in [4.69, 9.17) is 4.42 Å². The Kier molecular flexibility index (Phi) is 7.76. The fourth-order valence-electron chi connectivity index (χ4n) is 1.85. The van der Waals surface area contributed by atoms with Gasteiger partial charge in [-0.3, -0.25) is 0 Å². The van der Waals surface area contributed by atoms with Crippen LogP contribution >= 0.6 is 0 Å². The van der Waals surface area contributed by atoms with E-state index in [1.165, 1.54) is 38.5 Å². The van der Waals surface area contributed by atoms with Crippen LogP contribution in [0.1, 0.15) is 57.3 Å². The van der Waals surface area contributed by atoms with Crippen LogP contribution in [0.2, 0.25) is 0 Å². The van der Waals surface area contributed by atoms with E-state index in [1.807, 2.05) is 0 Å². The first-order chi connectivity index (χ1) is 8.34. The van der Waals surface area contributed by atoms with Gasteiger partial charge in [0.1, 0.15) is 11.9 Å². The summed E-state index contributed by atoms with van der Waals surface area (Å²) in [4.78, 5) is 0. The predicted octanol–water partition coefficient (Wildman–Crippen LogP) is 3.26. The lowest BCUT2D eigenvalue weighted by Crippen LogP contribution is -2.22. The highest BCUT2D eigenvalue weighted by Gasteiger charge is 2.08. The molecule has 0 amide bonds. The zero-order chi connectivity index (χ0) is 12.3. The molecule has 1 aromatic heterocycles. The first-order valence-electron chi connectivity index (χ1n) is 6.76. The third-order valence-electron chi connectivity index (χ3n) is 2.92. The maximum atomic E-state index is 9.73. The largest absolute Gasteiger partial charge is 0.467 e. The number of hydrogen-bond acceptors (Lipinski definition) is 3. The molecule has 0 aliphatic carbocycles. The molecule has 3 nitrogen and oxygen atoms in total. The average Bonchev–Trinajstić information content (AvgIpc) is 2.86. The molecule has 0 radical (unpaired) electrons. The van der Waals surface area contributed by atoms with Crippen LogP contribution in [0.5, 0.6) is 0 Å². The van der Waals surface area contributed by atoms with Crippen molar-refractivity contribution < 1.29 is 9.52 Å². The number of aliphatic hydroxyl groups excluding tert-OH is 1. The van der Waals surface area contributed by atoms with Crippen molar-refractivity contribution in [3.8, 4) is 0 Å². The Hall–Kier alpha value is -0.800. The molecule has 1 aromatic rings. The zero-order valence-electron chi connectivity index (χ0n) is 10.8. The molecule has 0 spiro atoms. The second-order valence-corrected chi connectivity index (χ2v) is 4.50. The molecular formula is C14H25NO2. The lowest BCUT2D eigenvalue weighted by Gasteiger charge is -2.09. The van der Waals surface area contributed by atoms with E-state index in [-0.39, 0.29) is 0 Å². The molecule has 0 saturated heterocycles. The van der Waals surface area contributed by atoms with E-state index >= 15 is 0 Å². The molecule has 98 valence electrons. The van der Waals surface area contributed by atoms with Crippen molar-refractivity contribution in [2.45, 2.75) is 51.6 Å². The van der Waals surface area contributed by atoms with E-state index in [0.717, 1.165) is 6.54 Å². The van der Waals surface area contributed by atoms with Gasteiger partial charge >= 0.3 is 0 Å². The summed E-state index contributed by atoms with van der Waals surface area (Å²) in [5.41, 5.74) is 0. The second-order valence-electron chi connectivity index (χ2n) is 4.50. The summed E-state index contributed by atoms with van der Waals surface area (Å²) in [6.45, 7) is 3.78. The fraction of sp³-hybridized carbons (Fsp3) is 0.714. The van der Waals surface area contributed by atoms with Gasteiger partial charge in [0.2, 0.25) is 0 Å². The van der Waals surface area contributed by atoms with Crippen LogP contribution in [0.4, 0.5) is 0 Å². The van der Waals surface area contributed by atoms with Crippen LogP contribution in [-0.2, 0) is 0 Å². The fourth-order valence-corrected chi connectivity index (χ4v) is 1.85. The van der Waals surface area contributed by atoms with Gasteiger partial charge in [0.25, 0.3) is 0 Å². The minimum atomic E-state index is -0.523. The summed E-state index contributed by atoms with van der Waals surface area (Å²) in [5.74, 6) is 0.639. The number of rotatable bonds is 10. The van der Waals surface area contributed by atoms with Crippen LogP contribution in [0, 0.1) is 0 Å². The normalized spacial score (nSPS) is 12.8. The van der Waals surface area contributed by atoms with Gasteiger partial charge in [-0.1, -0.05) is 39.0 Å². The molecule has 2 N–H and O–H groups in total. The minimum absolute atomic E-state index is 0.523. The quantitative estimate of drug-likeness (QED) is 0.616. The maximum absolute atomic E-state index is 9.73. The van der Waals surface area contributed by atoms with Gasteiger partial charge in [-0.15, -0.1) is 0 Å². The van der Waals surface area contributed by atoms with Gasteiger partial charge in [0.05, 0.1) is 6.26 Å². The van der Waals surface area contributed by atoms with Crippen molar-refractivity contribution >= 4 is 0 Å². The smallest absolute Gasteiger partial charge is 0.133 e. The SMILES string of the molecule is CCCCCCCCNCC(O)c1ccco1. The molecule has 1 heterocycles. The average molecular weight is 239 g/mol. The van der Waals surface area contributed by atoms with Gasteiger partial charge in [-0.2, -0.15) is 0 Å². The number of unbranched alkanes of at least 4 members (excludes halogenated alkanes) is 5. The molecule has 0 aliphatic rings. The van der Waals surface area contributed by atoms with Crippen molar-refractivity contribution in [1.29, 1.82) is 0 Å². The second kappa shape index (κ2) is 9.25. The monoisotopic (exact) mass is 239 g/mol. The van der Waals surface area contributed by atoms with E-state index in [0.29, 0.717) is 12.3 Å². The number of nitrogens with one attached hydrogen (secondary N) is 1. The molecule has 0 saturated carbocycles. The van der Waals surface area contributed by atoms with E-state index < -0.39 is 6.10 Å². The van der Waals surface area contributed by atoms with Gasteiger partial charge in [-0.05, 0) is 25.1 Å². The van der Waals surface area contributed by atoms with Crippen LogP contribution in [0.15, 0.2) is 22.8 Å². The summed E-state index contributed by atoms with van der Waals surface area (Å²) in [7, 11) is 0. The summed E-state index contributed by atoms with van der Waals surface area (Å²) >= 11 is 0. The van der Waals surface area contributed by atoms with E-state index in [2.05, 4.69) is 12.2 Å². The van der Waals surface area contributed by atoms with Crippen LogP contribution < -0.4 is 5.32 Å². The van der Waals surface area contributed by atoms with Crippen molar-refractivity contribution in [1.82, 2.24) is 5.32 Å². The standard InChI is InChI=1S/C14H25NO2/c1-2-3-4-5-6-7-10-15-12-13(16)14-9-8-11-17-14/h8-9,11,13,15-16H,2-7,10,12H2,1H3. The first-order valence-corrected chi connectivity index (χ1v) is 6.76. The first kappa shape index (κ1) is 14.3. The van der Waals surface area contributed by atoms with Gasteiger partial charge < -0.3 is 14.8 Å². The van der Waals surface area contributed by atoms with Crippen LogP contribution in [-0.4, -0.2) is 18.2 Å². The van der Waals surface area contributed by atoms with Crippen molar-refractivity contribution in [3.63, 3.8) is 0 Å². The highest BCUT2D eigenvalue weighted by molar-refractivity contribution is 5.01. The molecule has 1 rings (SSSR count). The van der Waals surface area contributed by atoms with Crippen LogP contribution in [0.3, 0.4) is 0 Å². The van der Waals surface area contributed by atoms with Crippen molar-refractivity contribution in [2.24, 2.45) is 0 Å². The molecule has 1 unspecified atom stereocenters. The Morgan fingerprint density at radius 3 is 2.71 bits per heavy atom. The Morgan fingerprint density at radius 2 is 2.00 bits per heavy atom. The molecule has 0 aliphatic heterocycles. The number of furan rings is 1. The molecule has 0 aromatic carbocycles. The van der Waals surface area contributed by atoms with Gasteiger partial charge in [0, 0.05) is 6.54 Å². The topological polar surface area (TPSA) is 45.4 Å². The summed E-state index contributed by atoms with van der Waals surface area (Å²) in [5, 5.41) is 13.0. The number of hydrogen-bond donors (Lipinski definition) is 2. The zero-order valence-corrected chi connectivity index (χ0v) is 10.8. The Balaban J connectivity index is 1.90. The summed E-state index contributed by atoms with van der Waals surface area (Å²) in [6, 6.07) is 3.60. The Labute approximate surface area is 104 Å². The Morgan fingerprint density at radius 1 is 1.24 bits per heavy atom. The maximum Gasteiger partial charge on any atom is 0.133 e. The molecular weight excluding hydrogens is 214 g/mol. The Bertz CT molecular complexity index is 259. The third-order valence-corrected chi connectivity index (χ3v) is 2.92. The van der Waals surface area contributed by atoms with Crippen molar-refractivity contribution in [2.75, 3.05) is 13.1 Å². The molecule has 0 fully saturated rings. The molecule has 1 atom stereocenters. The summed E-state index contributed by atoms with van der Waals surface area (Å²) < 4.78 is 5.13. The lowest BCUT2D eigenvalue weighted by atomic mass is 10.1.